The molecule has 2 aromatic heterocycles. The van der Waals surface area contributed by atoms with Crippen molar-refractivity contribution < 1.29 is 0 Å². The third-order valence-corrected chi connectivity index (χ3v) is 17.6. The average molecular weight is 1100 g/mol. The second kappa shape index (κ2) is 20.2. The topological polar surface area (TPSA) is 16.3 Å². The summed E-state index contributed by atoms with van der Waals surface area (Å²) in [6.07, 6.45) is 0. The van der Waals surface area contributed by atoms with Crippen LogP contribution in [0.2, 0.25) is 0 Å². The van der Waals surface area contributed by atoms with E-state index in [0.717, 1.165) is 56.6 Å². The molecule has 0 aliphatic heterocycles. The first kappa shape index (κ1) is 49.2. The fourth-order valence-electron chi connectivity index (χ4n) is 13.7. The smallest absolute Gasteiger partial charge is 0.0547 e. The van der Waals surface area contributed by atoms with Crippen LogP contribution in [-0.2, 0) is 0 Å². The van der Waals surface area contributed by atoms with E-state index in [1.165, 1.54) is 97.8 Å². The number of hydrogen-bond donors (Lipinski definition) is 0. The minimum absolute atomic E-state index is 1.09. The van der Waals surface area contributed by atoms with Gasteiger partial charge < -0.3 is 18.9 Å². The Labute approximate surface area is 498 Å². The van der Waals surface area contributed by atoms with Gasteiger partial charge in [0.2, 0.25) is 0 Å². The maximum absolute atomic E-state index is 2.51. The monoisotopic (exact) mass is 1090 g/mol. The predicted molar refractivity (Wildman–Crippen MR) is 365 cm³/mol. The number of fused-ring (bicyclic) bond motifs is 12. The van der Waals surface area contributed by atoms with Crippen LogP contribution < -0.4 is 9.80 Å². The average Bonchev–Trinajstić information content (AvgIpc) is 1.46. The van der Waals surface area contributed by atoms with Crippen molar-refractivity contribution >= 4 is 121 Å². The number of nitrogens with zero attached hydrogens (tertiary/aromatic N) is 4. The van der Waals surface area contributed by atoms with Gasteiger partial charge in [0.1, 0.15) is 0 Å². The van der Waals surface area contributed by atoms with Crippen LogP contribution in [0.15, 0.2) is 328 Å². The summed E-state index contributed by atoms with van der Waals surface area (Å²) in [6, 6.07) is 120. The summed E-state index contributed by atoms with van der Waals surface area (Å²) in [5, 5.41) is 14.5. The van der Waals surface area contributed by atoms with Crippen LogP contribution in [0.3, 0.4) is 0 Å². The molecule has 0 radical (unpaired) electrons. The summed E-state index contributed by atoms with van der Waals surface area (Å²) < 4.78 is 4.90. The van der Waals surface area contributed by atoms with Gasteiger partial charge in [-0.15, -0.1) is 0 Å². The van der Waals surface area contributed by atoms with Crippen LogP contribution in [-0.4, -0.2) is 9.13 Å². The zero-order chi connectivity index (χ0) is 56.7. The van der Waals surface area contributed by atoms with E-state index in [4.69, 9.17) is 0 Å². The molecule has 0 bridgehead atoms. The van der Waals surface area contributed by atoms with Gasteiger partial charge in [-0.3, -0.25) is 0 Å². The minimum atomic E-state index is 1.09. The maximum atomic E-state index is 2.51. The summed E-state index contributed by atoms with van der Waals surface area (Å²) in [5.74, 6) is 0. The van der Waals surface area contributed by atoms with Crippen molar-refractivity contribution in [2.24, 2.45) is 0 Å². The lowest BCUT2D eigenvalue weighted by molar-refractivity contribution is 1.18. The maximum Gasteiger partial charge on any atom is 0.0547 e. The van der Waals surface area contributed by atoms with Gasteiger partial charge in [0.25, 0.3) is 0 Å². The van der Waals surface area contributed by atoms with Gasteiger partial charge in [-0.1, -0.05) is 170 Å². The Bertz CT molecular complexity index is 4990. The van der Waals surface area contributed by atoms with Crippen LogP contribution in [0.1, 0.15) is 0 Å². The van der Waals surface area contributed by atoms with Crippen molar-refractivity contribution in [2.75, 3.05) is 9.80 Å². The molecule has 0 unspecified atom stereocenters. The number of aromatic nitrogens is 2. The number of rotatable bonds is 10. The summed E-state index contributed by atoms with van der Waals surface area (Å²) >= 11 is 0. The largest absolute Gasteiger partial charge is 0.311 e. The molecule has 0 spiro atoms. The quantitative estimate of drug-likeness (QED) is 0.100. The molecule has 17 aromatic rings. The van der Waals surface area contributed by atoms with Crippen LogP contribution in [0.5, 0.6) is 0 Å². The summed E-state index contributed by atoms with van der Waals surface area (Å²) in [7, 11) is 0. The zero-order valence-electron chi connectivity index (χ0n) is 47.0. The van der Waals surface area contributed by atoms with Crippen molar-refractivity contribution in [1.82, 2.24) is 9.13 Å². The highest BCUT2D eigenvalue weighted by Crippen LogP contribution is 2.47. The van der Waals surface area contributed by atoms with Crippen LogP contribution in [0.4, 0.5) is 34.1 Å². The Morgan fingerprint density at radius 3 is 0.849 bits per heavy atom. The molecular weight excluding hydrogens is 1040 g/mol. The van der Waals surface area contributed by atoms with Crippen molar-refractivity contribution in [1.29, 1.82) is 0 Å². The van der Waals surface area contributed by atoms with Gasteiger partial charge in [-0.2, -0.15) is 0 Å². The molecule has 0 saturated heterocycles. The lowest BCUT2D eigenvalue weighted by Gasteiger charge is -2.25. The highest BCUT2D eigenvalue weighted by atomic mass is 15.1. The van der Waals surface area contributed by atoms with Gasteiger partial charge in [-0.05, 0) is 223 Å². The van der Waals surface area contributed by atoms with E-state index in [-0.39, 0.29) is 0 Å². The van der Waals surface area contributed by atoms with Gasteiger partial charge in [0, 0.05) is 67.0 Å². The Morgan fingerprint density at radius 2 is 0.488 bits per heavy atom. The van der Waals surface area contributed by atoms with Gasteiger partial charge in [0.05, 0.1) is 22.1 Å². The molecule has 0 aliphatic rings. The van der Waals surface area contributed by atoms with Crippen LogP contribution >= 0.6 is 0 Å². The minimum Gasteiger partial charge on any atom is -0.311 e. The van der Waals surface area contributed by atoms with Crippen molar-refractivity contribution in [3.8, 4) is 33.6 Å². The molecule has 86 heavy (non-hydrogen) atoms. The van der Waals surface area contributed by atoms with E-state index in [1.54, 1.807) is 0 Å². The third kappa shape index (κ3) is 8.07. The van der Waals surface area contributed by atoms with Gasteiger partial charge in [-0.25, -0.2) is 0 Å². The first-order valence-corrected chi connectivity index (χ1v) is 29.6. The second-order valence-electron chi connectivity index (χ2n) is 22.5. The highest BCUT2D eigenvalue weighted by molar-refractivity contribution is 6.27. The SMILES string of the molecule is c1ccc(N(c2ccccc2)c2ccc(-c3cc4cc5cc(-c6ccc(N(c7ccccc7)c7ccccc7)cc6)c6cc7c8ccccc8n(-c8ccccc8)c7cc6c5cc4c4cc5c(cc34)c3ccccc3n5-c3ccccc3)cc2)cc1. The summed E-state index contributed by atoms with van der Waals surface area (Å²) in [5.41, 5.74) is 18.3. The van der Waals surface area contributed by atoms with E-state index < -0.39 is 0 Å². The van der Waals surface area contributed by atoms with E-state index in [1.807, 2.05) is 0 Å². The lowest BCUT2D eigenvalue weighted by atomic mass is 9.87. The predicted octanol–water partition coefficient (Wildman–Crippen LogP) is 22.8. The Morgan fingerprint density at radius 1 is 0.186 bits per heavy atom. The highest BCUT2D eigenvalue weighted by Gasteiger charge is 2.22. The lowest BCUT2D eigenvalue weighted by Crippen LogP contribution is -2.09. The molecule has 0 amide bonds. The molecule has 15 aromatic carbocycles. The number of hydrogen-bond acceptors (Lipinski definition) is 2. The Kier molecular flexibility index (Phi) is 11.5. The van der Waals surface area contributed by atoms with Gasteiger partial charge in [0.15, 0.2) is 0 Å². The molecule has 0 atom stereocenters. The molecule has 0 N–H and O–H groups in total. The van der Waals surface area contributed by atoms with Crippen molar-refractivity contribution in [3.63, 3.8) is 0 Å². The van der Waals surface area contributed by atoms with Gasteiger partial charge >= 0.3 is 0 Å². The normalized spacial score (nSPS) is 11.7. The fourth-order valence-corrected chi connectivity index (χ4v) is 13.7. The number of anilines is 6. The molecular formula is C82H54N4. The molecule has 0 saturated carbocycles. The van der Waals surface area contributed by atoms with Crippen molar-refractivity contribution in [2.45, 2.75) is 0 Å². The molecule has 4 heteroatoms. The zero-order valence-corrected chi connectivity index (χ0v) is 47.0. The molecule has 4 nitrogen and oxygen atoms in total. The molecule has 402 valence electrons. The van der Waals surface area contributed by atoms with Crippen LogP contribution in [0.25, 0.3) is 120 Å². The molecule has 17 rings (SSSR count). The van der Waals surface area contributed by atoms with Crippen LogP contribution in [0, 0.1) is 0 Å². The molecule has 0 aliphatic carbocycles. The van der Waals surface area contributed by atoms with E-state index in [2.05, 4.69) is 347 Å². The van der Waals surface area contributed by atoms with Crippen molar-refractivity contribution in [3.05, 3.63) is 328 Å². The number of para-hydroxylation sites is 8. The van der Waals surface area contributed by atoms with E-state index in [9.17, 15) is 0 Å². The number of benzene rings is 15. The Hall–Kier alpha value is -11.5. The standard InChI is InChI=1S/C82H54N4/c1-7-23-59(24-8-1)83(60-25-9-2-10-26-60)65-43-39-55(40-44-65)69-48-57-47-58-49-70(56-41-45-66(46-42-56)84(61-27-11-3-12-28-61)62-29-13-4-14-30-62)74-52-78-68-36-20-22-38-80(68)86(64-33-17-6-18-34-64)82(78)54-76(74)72(58)50-71(57)75-53-81-77(51-73(69)75)67-35-19-21-37-79(67)85(81)63-31-15-5-16-32-63/h1-54H. The summed E-state index contributed by atoms with van der Waals surface area (Å²) in [6.45, 7) is 0. The fraction of sp³-hybridized carbons (Fsp3) is 0. The Balaban J connectivity index is 0.945. The molecule has 0 fully saturated rings. The van der Waals surface area contributed by atoms with E-state index >= 15 is 0 Å². The van der Waals surface area contributed by atoms with E-state index in [0.29, 0.717) is 0 Å². The molecule has 2 heterocycles. The first-order chi connectivity index (χ1) is 42.7. The second-order valence-corrected chi connectivity index (χ2v) is 22.5. The summed E-state index contributed by atoms with van der Waals surface area (Å²) in [4.78, 5) is 4.67. The third-order valence-electron chi connectivity index (χ3n) is 17.6. The first-order valence-electron chi connectivity index (χ1n) is 29.6.